The first kappa shape index (κ1) is 19.6. The number of benzene rings is 2. The van der Waals surface area contributed by atoms with E-state index in [1.54, 1.807) is 4.68 Å². The number of carbonyl (C=O) groups excluding carboxylic acids is 1. The molecule has 2 aromatic heterocycles. The average molecular weight is 400 g/mol. The summed E-state index contributed by atoms with van der Waals surface area (Å²) in [5.74, 6) is 0.169. The molecule has 6 heteroatoms. The number of aromatic nitrogens is 3. The van der Waals surface area contributed by atoms with E-state index in [1.165, 1.54) is 0 Å². The molecule has 0 aliphatic rings. The molecule has 152 valence electrons. The molecule has 0 aliphatic carbocycles. The predicted octanol–water partition coefficient (Wildman–Crippen LogP) is 4.67. The first-order chi connectivity index (χ1) is 14.4. The van der Waals surface area contributed by atoms with Gasteiger partial charge in [-0.3, -0.25) is 4.79 Å². The lowest BCUT2D eigenvalue weighted by atomic mass is 10.1. The summed E-state index contributed by atoms with van der Waals surface area (Å²) >= 11 is 0. The minimum Gasteiger partial charge on any atom is -0.467 e. The van der Waals surface area contributed by atoms with Gasteiger partial charge in [0.1, 0.15) is 0 Å². The summed E-state index contributed by atoms with van der Waals surface area (Å²) in [4.78, 5) is 17.0. The molecule has 0 aliphatic heterocycles. The number of hydrogen-bond donors (Lipinski definition) is 1. The van der Waals surface area contributed by atoms with Gasteiger partial charge in [0.15, 0.2) is 12.3 Å². The first-order valence-electron chi connectivity index (χ1n) is 9.84. The van der Waals surface area contributed by atoms with Crippen LogP contribution in [0.3, 0.4) is 0 Å². The van der Waals surface area contributed by atoms with Gasteiger partial charge < -0.3 is 10.1 Å². The molecule has 2 heterocycles. The van der Waals surface area contributed by atoms with E-state index in [4.69, 9.17) is 4.74 Å². The van der Waals surface area contributed by atoms with Crippen molar-refractivity contribution in [2.75, 3.05) is 11.9 Å². The van der Waals surface area contributed by atoms with Crippen molar-refractivity contribution in [3.63, 3.8) is 0 Å². The third-order valence-electron chi connectivity index (χ3n) is 4.99. The number of amides is 1. The van der Waals surface area contributed by atoms with E-state index in [2.05, 4.69) is 15.4 Å². The summed E-state index contributed by atoms with van der Waals surface area (Å²) in [6.07, 6.45) is 0. The molecule has 1 amide bonds. The fourth-order valence-corrected chi connectivity index (χ4v) is 3.58. The number of hydrogen-bond acceptors (Lipinski definition) is 4. The number of para-hydroxylation sites is 1. The Morgan fingerprint density at radius 1 is 1.00 bits per heavy atom. The fourth-order valence-electron chi connectivity index (χ4n) is 3.58. The van der Waals surface area contributed by atoms with E-state index in [0.29, 0.717) is 11.5 Å². The number of aryl methyl sites for hydroxylation is 4. The third-order valence-corrected chi connectivity index (χ3v) is 4.99. The van der Waals surface area contributed by atoms with Gasteiger partial charge in [0.2, 0.25) is 5.88 Å². The van der Waals surface area contributed by atoms with Crippen LogP contribution in [0.15, 0.2) is 54.6 Å². The van der Waals surface area contributed by atoms with E-state index in [0.717, 1.165) is 39.1 Å². The topological polar surface area (TPSA) is 69.0 Å². The van der Waals surface area contributed by atoms with Crippen LogP contribution in [0.5, 0.6) is 5.88 Å². The van der Waals surface area contributed by atoms with Crippen LogP contribution in [-0.2, 0) is 4.79 Å². The smallest absolute Gasteiger partial charge is 0.262 e. The van der Waals surface area contributed by atoms with Gasteiger partial charge in [-0.2, -0.15) is 10.1 Å². The molecule has 0 bridgehead atoms. The van der Waals surface area contributed by atoms with Crippen molar-refractivity contribution in [3.05, 3.63) is 77.0 Å². The Hall–Kier alpha value is -3.67. The molecule has 0 saturated carbocycles. The molecule has 0 saturated heterocycles. The second kappa shape index (κ2) is 7.99. The maximum Gasteiger partial charge on any atom is 0.262 e. The second-order valence-corrected chi connectivity index (χ2v) is 7.46. The zero-order valence-electron chi connectivity index (χ0n) is 17.6. The number of pyridine rings is 1. The molecule has 0 unspecified atom stereocenters. The van der Waals surface area contributed by atoms with Crippen molar-refractivity contribution >= 4 is 22.6 Å². The Morgan fingerprint density at radius 2 is 1.77 bits per heavy atom. The van der Waals surface area contributed by atoms with Gasteiger partial charge in [0, 0.05) is 17.1 Å². The molecule has 1 N–H and O–H groups in total. The number of fused-ring (bicyclic) bond motifs is 1. The van der Waals surface area contributed by atoms with Crippen molar-refractivity contribution in [1.82, 2.24) is 14.8 Å². The molecule has 4 rings (SSSR count). The standard InChI is InChI=1S/C24H24N4O2/c1-15-10-11-20(16(2)12-15)25-21(29)14-30-22-13-17(3)23-18(4)27-28(24(23)26-22)19-8-6-5-7-9-19/h5-13H,14H2,1-4H3,(H,25,29). The van der Waals surface area contributed by atoms with Crippen LogP contribution in [0.25, 0.3) is 16.7 Å². The minimum atomic E-state index is -0.228. The van der Waals surface area contributed by atoms with Crippen molar-refractivity contribution in [3.8, 4) is 11.6 Å². The number of carbonyl (C=O) groups is 1. The van der Waals surface area contributed by atoms with Gasteiger partial charge in [0.25, 0.3) is 5.91 Å². The molecule has 6 nitrogen and oxygen atoms in total. The van der Waals surface area contributed by atoms with E-state index in [1.807, 2.05) is 82.3 Å². The SMILES string of the molecule is Cc1ccc(NC(=O)COc2cc(C)c3c(C)nn(-c4ccccc4)c3n2)c(C)c1. The monoisotopic (exact) mass is 400 g/mol. The van der Waals surface area contributed by atoms with Crippen LogP contribution in [-0.4, -0.2) is 27.3 Å². The Morgan fingerprint density at radius 3 is 2.50 bits per heavy atom. The molecule has 4 aromatic rings. The third kappa shape index (κ3) is 3.89. The maximum atomic E-state index is 12.4. The largest absolute Gasteiger partial charge is 0.467 e. The first-order valence-corrected chi connectivity index (χ1v) is 9.84. The highest BCUT2D eigenvalue weighted by Crippen LogP contribution is 2.26. The van der Waals surface area contributed by atoms with Crippen molar-refractivity contribution in [1.29, 1.82) is 0 Å². The Kier molecular flexibility index (Phi) is 5.23. The highest BCUT2D eigenvalue weighted by atomic mass is 16.5. The Bertz CT molecular complexity index is 1230. The maximum absolute atomic E-state index is 12.4. The Labute approximate surface area is 175 Å². The molecule has 0 radical (unpaired) electrons. The zero-order chi connectivity index (χ0) is 21.3. The van der Waals surface area contributed by atoms with Crippen LogP contribution in [0.2, 0.25) is 0 Å². The van der Waals surface area contributed by atoms with Gasteiger partial charge >= 0.3 is 0 Å². The number of anilines is 1. The lowest BCUT2D eigenvalue weighted by Gasteiger charge is -2.11. The van der Waals surface area contributed by atoms with Crippen molar-refractivity contribution in [2.45, 2.75) is 27.7 Å². The highest BCUT2D eigenvalue weighted by molar-refractivity contribution is 5.92. The molecule has 0 spiro atoms. The molecular weight excluding hydrogens is 376 g/mol. The molecular formula is C24H24N4O2. The van der Waals surface area contributed by atoms with Gasteiger partial charge in [0.05, 0.1) is 11.4 Å². The number of ether oxygens (including phenoxy) is 1. The summed E-state index contributed by atoms with van der Waals surface area (Å²) in [7, 11) is 0. The average Bonchev–Trinajstić information content (AvgIpc) is 3.06. The van der Waals surface area contributed by atoms with Crippen molar-refractivity contribution < 1.29 is 9.53 Å². The quantitative estimate of drug-likeness (QED) is 0.528. The Balaban J connectivity index is 1.57. The summed E-state index contributed by atoms with van der Waals surface area (Å²) in [5, 5.41) is 8.53. The lowest BCUT2D eigenvalue weighted by molar-refractivity contribution is -0.118. The van der Waals surface area contributed by atoms with Crippen molar-refractivity contribution in [2.24, 2.45) is 0 Å². The van der Waals surface area contributed by atoms with E-state index in [9.17, 15) is 4.79 Å². The molecule has 0 atom stereocenters. The van der Waals surface area contributed by atoms with E-state index < -0.39 is 0 Å². The second-order valence-electron chi connectivity index (χ2n) is 7.46. The van der Waals surface area contributed by atoms with Crippen LogP contribution in [0.4, 0.5) is 5.69 Å². The van der Waals surface area contributed by atoms with E-state index >= 15 is 0 Å². The van der Waals surface area contributed by atoms with Crippen LogP contribution >= 0.6 is 0 Å². The summed E-state index contributed by atoms with van der Waals surface area (Å²) in [5.41, 5.74) is 6.49. The highest BCUT2D eigenvalue weighted by Gasteiger charge is 2.15. The number of nitrogens with zero attached hydrogens (tertiary/aromatic N) is 3. The lowest BCUT2D eigenvalue weighted by Crippen LogP contribution is -2.21. The van der Waals surface area contributed by atoms with Crippen LogP contribution < -0.4 is 10.1 Å². The van der Waals surface area contributed by atoms with Gasteiger partial charge in [-0.05, 0) is 57.0 Å². The number of rotatable bonds is 5. The van der Waals surface area contributed by atoms with Gasteiger partial charge in [-0.15, -0.1) is 0 Å². The summed E-state index contributed by atoms with van der Waals surface area (Å²) in [6.45, 7) is 7.83. The fraction of sp³-hybridized carbons (Fsp3) is 0.208. The predicted molar refractivity (Wildman–Crippen MR) is 118 cm³/mol. The number of nitrogens with one attached hydrogen (secondary N) is 1. The molecule has 30 heavy (non-hydrogen) atoms. The van der Waals surface area contributed by atoms with Gasteiger partial charge in [-0.1, -0.05) is 35.9 Å². The molecule has 0 fully saturated rings. The van der Waals surface area contributed by atoms with E-state index in [-0.39, 0.29) is 12.5 Å². The summed E-state index contributed by atoms with van der Waals surface area (Å²) < 4.78 is 7.53. The minimum absolute atomic E-state index is 0.121. The van der Waals surface area contributed by atoms with Gasteiger partial charge in [-0.25, -0.2) is 4.68 Å². The normalized spacial score (nSPS) is 10.9. The van der Waals surface area contributed by atoms with Crippen LogP contribution in [0.1, 0.15) is 22.4 Å². The van der Waals surface area contributed by atoms with Crippen LogP contribution in [0, 0.1) is 27.7 Å². The molecule has 2 aromatic carbocycles. The summed E-state index contributed by atoms with van der Waals surface area (Å²) in [6, 6.07) is 17.6. The zero-order valence-corrected chi connectivity index (χ0v) is 17.6.